The van der Waals surface area contributed by atoms with E-state index < -0.39 is 12.1 Å². The van der Waals surface area contributed by atoms with Gasteiger partial charge in [0, 0.05) is 5.56 Å². The predicted molar refractivity (Wildman–Crippen MR) is 77.2 cm³/mol. The average molecular weight is 285 g/mol. The van der Waals surface area contributed by atoms with Crippen LogP contribution in [0, 0.1) is 0 Å². The Morgan fingerprint density at radius 2 is 1.95 bits per heavy atom. The van der Waals surface area contributed by atoms with Crippen molar-refractivity contribution in [1.29, 1.82) is 0 Å². The van der Waals surface area contributed by atoms with E-state index in [0.717, 1.165) is 11.1 Å². The number of urea groups is 1. The van der Waals surface area contributed by atoms with Crippen LogP contribution in [-0.4, -0.2) is 13.1 Å². The normalized spacial score (nSPS) is 15.2. The van der Waals surface area contributed by atoms with Crippen LogP contribution in [0.5, 0.6) is 17.2 Å². The number of benzene rings is 2. The Bertz CT molecular complexity index is 688. The van der Waals surface area contributed by atoms with Crippen LogP contribution in [0.3, 0.4) is 0 Å². The van der Waals surface area contributed by atoms with Crippen molar-refractivity contribution < 1.29 is 14.3 Å². The molecule has 6 heteroatoms. The standard InChI is InChI=1S/C15H15N3O3/c1-20-11-7-4-8-12-13(11)14(17-15(19)18-16)9-5-2-3-6-10(9)21-12/h2-8,14H,16H2,1H3,(H2,17,18,19). The summed E-state index contributed by atoms with van der Waals surface area (Å²) in [7, 11) is 1.58. The van der Waals surface area contributed by atoms with E-state index in [1.807, 2.05) is 42.5 Å². The monoisotopic (exact) mass is 285 g/mol. The molecule has 2 aromatic rings. The maximum Gasteiger partial charge on any atom is 0.329 e. The Morgan fingerprint density at radius 3 is 2.71 bits per heavy atom. The zero-order chi connectivity index (χ0) is 14.8. The molecule has 2 amide bonds. The van der Waals surface area contributed by atoms with E-state index in [2.05, 4.69) is 10.7 Å². The van der Waals surface area contributed by atoms with Crippen molar-refractivity contribution in [3.63, 3.8) is 0 Å². The first kappa shape index (κ1) is 13.3. The van der Waals surface area contributed by atoms with Crippen LogP contribution in [0.2, 0.25) is 0 Å². The third kappa shape index (κ3) is 2.25. The fraction of sp³-hybridized carbons (Fsp3) is 0.133. The fourth-order valence-electron chi connectivity index (χ4n) is 2.48. The Hall–Kier alpha value is -2.73. The van der Waals surface area contributed by atoms with Gasteiger partial charge < -0.3 is 14.8 Å². The number of carbonyl (C=O) groups is 1. The number of ether oxygens (including phenoxy) is 2. The van der Waals surface area contributed by atoms with Crippen LogP contribution in [0.15, 0.2) is 42.5 Å². The van der Waals surface area contributed by atoms with E-state index in [9.17, 15) is 4.79 Å². The highest BCUT2D eigenvalue weighted by Crippen LogP contribution is 2.46. The van der Waals surface area contributed by atoms with Crippen LogP contribution in [0.4, 0.5) is 4.79 Å². The molecule has 0 saturated heterocycles. The van der Waals surface area contributed by atoms with E-state index >= 15 is 0 Å². The minimum atomic E-state index is -0.478. The third-order valence-electron chi connectivity index (χ3n) is 3.39. The lowest BCUT2D eigenvalue weighted by Crippen LogP contribution is -2.42. The number of hydrogen-bond acceptors (Lipinski definition) is 4. The summed E-state index contributed by atoms with van der Waals surface area (Å²) in [5.41, 5.74) is 3.69. The molecule has 6 nitrogen and oxygen atoms in total. The van der Waals surface area contributed by atoms with E-state index in [1.165, 1.54) is 0 Å². The van der Waals surface area contributed by atoms with Gasteiger partial charge in [0.25, 0.3) is 0 Å². The number of methoxy groups -OCH3 is 1. The van der Waals surface area contributed by atoms with E-state index in [0.29, 0.717) is 17.2 Å². The lowest BCUT2D eigenvalue weighted by atomic mass is 9.94. The second-order valence-corrected chi connectivity index (χ2v) is 4.56. The first-order valence-electron chi connectivity index (χ1n) is 6.45. The van der Waals surface area contributed by atoms with Gasteiger partial charge >= 0.3 is 6.03 Å². The molecule has 108 valence electrons. The van der Waals surface area contributed by atoms with Gasteiger partial charge in [-0.15, -0.1) is 0 Å². The van der Waals surface area contributed by atoms with E-state index in [-0.39, 0.29) is 0 Å². The average Bonchev–Trinajstić information content (AvgIpc) is 2.53. The number of rotatable bonds is 2. The van der Waals surface area contributed by atoms with Gasteiger partial charge in [0.15, 0.2) is 0 Å². The summed E-state index contributed by atoms with van der Waals surface area (Å²) >= 11 is 0. The maximum atomic E-state index is 11.7. The highest BCUT2D eigenvalue weighted by atomic mass is 16.5. The first-order chi connectivity index (χ1) is 10.2. The molecule has 0 bridgehead atoms. The zero-order valence-corrected chi connectivity index (χ0v) is 11.4. The zero-order valence-electron chi connectivity index (χ0n) is 11.4. The molecule has 0 spiro atoms. The molecule has 0 saturated carbocycles. The molecule has 1 heterocycles. The number of hydrogen-bond donors (Lipinski definition) is 3. The molecule has 21 heavy (non-hydrogen) atoms. The van der Waals surface area contributed by atoms with Crippen molar-refractivity contribution in [2.75, 3.05) is 7.11 Å². The largest absolute Gasteiger partial charge is 0.496 e. The second kappa shape index (κ2) is 5.34. The number of para-hydroxylation sites is 1. The molecule has 4 N–H and O–H groups in total. The summed E-state index contributed by atoms with van der Waals surface area (Å²) in [4.78, 5) is 11.7. The van der Waals surface area contributed by atoms with Crippen molar-refractivity contribution in [2.24, 2.45) is 5.84 Å². The van der Waals surface area contributed by atoms with Crippen LogP contribution in [0.25, 0.3) is 0 Å². The number of amides is 2. The van der Waals surface area contributed by atoms with Crippen molar-refractivity contribution in [1.82, 2.24) is 10.7 Å². The highest BCUT2D eigenvalue weighted by molar-refractivity contribution is 5.75. The number of carbonyl (C=O) groups excluding carboxylic acids is 1. The smallest absolute Gasteiger partial charge is 0.329 e. The van der Waals surface area contributed by atoms with Gasteiger partial charge in [-0.05, 0) is 18.2 Å². The lowest BCUT2D eigenvalue weighted by Gasteiger charge is -2.29. The Balaban J connectivity index is 2.15. The molecule has 0 radical (unpaired) electrons. The van der Waals surface area contributed by atoms with Crippen molar-refractivity contribution >= 4 is 6.03 Å². The third-order valence-corrected chi connectivity index (χ3v) is 3.39. The number of hydrazine groups is 1. The van der Waals surface area contributed by atoms with Crippen molar-refractivity contribution in [3.8, 4) is 17.2 Å². The fourth-order valence-corrected chi connectivity index (χ4v) is 2.48. The summed E-state index contributed by atoms with van der Waals surface area (Å²) in [5.74, 6) is 7.16. The van der Waals surface area contributed by atoms with Gasteiger partial charge in [0.2, 0.25) is 0 Å². The lowest BCUT2D eigenvalue weighted by molar-refractivity contribution is 0.238. The minimum absolute atomic E-state index is 0.398. The Kier molecular flexibility index (Phi) is 3.37. The van der Waals surface area contributed by atoms with E-state index in [1.54, 1.807) is 7.11 Å². The van der Waals surface area contributed by atoms with E-state index in [4.69, 9.17) is 15.3 Å². The van der Waals surface area contributed by atoms with Gasteiger partial charge in [0.05, 0.1) is 18.7 Å². The molecule has 0 fully saturated rings. The summed E-state index contributed by atoms with van der Waals surface area (Å²) in [5, 5.41) is 2.82. The van der Waals surface area contributed by atoms with Crippen LogP contribution < -0.4 is 26.1 Å². The van der Waals surface area contributed by atoms with Gasteiger partial charge in [-0.25, -0.2) is 10.6 Å². The summed E-state index contributed by atoms with van der Waals surface area (Å²) in [6, 6.07) is 12.1. The van der Waals surface area contributed by atoms with Gasteiger partial charge in [0.1, 0.15) is 17.2 Å². The predicted octanol–water partition coefficient (Wildman–Crippen LogP) is 2.06. The molecule has 0 aliphatic carbocycles. The summed E-state index contributed by atoms with van der Waals surface area (Å²) in [6.07, 6.45) is 0. The van der Waals surface area contributed by atoms with Gasteiger partial charge in [-0.1, -0.05) is 24.3 Å². The minimum Gasteiger partial charge on any atom is -0.496 e. The number of nitrogens with two attached hydrogens (primary N) is 1. The molecule has 2 aromatic carbocycles. The van der Waals surface area contributed by atoms with Gasteiger partial charge in [-0.2, -0.15) is 0 Å². The maximum absolute atomic E-state index is 11.7. The van der Waals surface area contributed by atoms with Crippen LogP contribution in [-0.2, 0) is 0 Å². The molecule has 1 atom stereocenters. The molecular formula is C15H15N3O3. The number of nitrogens with one attached hydrogen (secondary N) is 2. The highest BCUT2D eigenvalue weighted by Gasteiger charge is 2.31. The van der Waals surface area contributed by atoms with Crippen LogP contribution in [0.1, 0.15) is 17.2 Å². The Labute approximate surface area is 121 Å². The quantitative estimate of drug-likeness (QED) is 0.448. The van der Waals surface area contributed by atoms with Gasteiger partial charge in [-0.3, -0.25) is 5.43 Å². The van der Waals surface area contributed by atoms with Crippen molar-refractivity contribution in [3.05, 3.63) is 53.6 Å². The Morgan fingerprint density at radius 1 is 1.19 bits per heavy atom. The van der Waals surface area contributed by atoms with Crippen LogP contribution >= 0.6 is 0 Å². The summed E-state index contributed by atoms with van der Waals surface area (Å²) in [6.45, 7) is 0. The molecule has 1 unspecified atom stereocenters. The topological polar surface area (TPSA) is 85.6 Å². The number of fused-ring (bicyclic) bond motifs is 2. The molecule has 0 aromatic heterocycles. The first-order valence-corrected chi connectivity index (χ1v) is 6.45. The molecule has 1 aliphatic heterocycles. The summed E-state index contributed by atoms with van der Waals surface area (Å²) < 4.78 is 11.3. The van der Waals surface area contributed by atoms with Crippen molar-refractivity contribution in [2.45, 2.75) is 6.04 Å². The SMILES string of the molecule is COc1cccc2c1C(NC(=O)NN)c1ccccc1O2. The molecule has 1 aliphatic rings. The molecular weight excluding hydrogens is 270 g/mol. The second-order valence-electron chi connectivity index (χ2n) is 4.56. The molecule has 3 rings (SSSR count).